The fourth-order valence-electron chi connectivity index (χ4n) is 1.73. The van der Waals surface area contributed by atoms with Crippen LogP contribution in [-0.4, -0.2) is 24.0 Å². The van der Waals surface area contributed by atoms with Gasteiger partial charge in [-0.2, -0.15) is 0 Å². The Labute approximate surface area is 106 Å². The van der Waals surface area contributed by atoms with Crippen molar-refractivity contribution in [2.45, 2.75) is 6.92 Å². The Hall–Kier alpha value is -1.94. The zero-order valence-electron chi connectivity index (χ0n) is 10.4. The third-order valence-corrected chi connectivity index (χ3v) is 2.89. The van der Waals surface area contributed by atoms with Crippen LogP contribution in [0.25, 0.3) is 10.9 Å². The molecular weight excluding hydrogens is 226 g/mol. The molecule has 2 aromatic rings. The molecule has 0 aliphatic heterocycles. The van der Waals surface area contributed by atoms with Crippen molar-refractivity contribution in [2.24, 2.45) is 11.7 Å². The number of nitrogens with two attached hydrogens (primary N) is 1. The van der Waals surface area contributed by atoms with E-state index in [0.717, 1.165) is 10.9 Å². The van der Waals surface area contributed by atoms with Gasteiger partial charge in [-0.25, -0.2) is 0 Å². The van der Waals surface area contributed by atoms with Crippen LogP contribution in [-0.2, 0) is 0 Å². The van der Waals surface area contributed by atoms with E-state index < -0.39 is 0 Å². The highest BCUT2D eigenvalue weighted by atomic mass is 16.1. The topological polar surface area (TPSA) is 68.0 Å². The minimum Gasteiger partial charge on any atom is -0.352 e. The van der Waals surface area contributed by atoms with Crippen molar-refractivity contribution in [1.29, 1.82) is 0 Å². The lowest BCUT2D eigenvalue weighted by molar-refractivity contribution is 0.0950. The van der Waals surface area contributed by atoms with E-state index in [-0.39, 0.29) is 11.8 Å². The molecule has 0 radical (unpaired) electrons. The van der Waals surface area contributed by atoms with Crippen molar-refractivity contribution in [3.63, 3.8) is 0 Å². The number of nitrogens with zero attached hydrogens (tertiary/aromatic N) is 1. The zero-order valence-corrected chi connectivity index (χ0v) is 10.4. The Balaban J connectivity index is 2.22. The Morgan fingerprint density at radius 2 is 2.17 bits per heavy atom. The molecule has 4 heteroatoms. The summed E-state index contributed by atoms with van der Waals surface area (Å²) in [6.45, 7) is 3.15. The first-order chi connectivity index (χ1) is 8.72. The molecule has 1 aromatic carbocycles. The van der Waals surface area contributed by atoms with Crippen LogP contribution in [0.3, 0.4) is 0 Å². The number of benzene rings is 1. The fourth-order valence-corrected chi connectivity index (χ4v) is 1.73. The van der Waals surface area contributed by atoms with E-state index in [9.17, 15) is 4.79 Å². The standard InChI is InChI=1S/C14H17N3O/c1-10(8-15)9-17-14(18)12-6-2-4-11-5-3-7-16-13(11)12/h2-7,10H,8-9,15H2,1H3,(H,17,18). The molecule has 1 atom stereocenters. The molecule has 1 unspecified atom stereocenters. The highest BCUT2D eigenvalue weighted by molar-refractivity contribution is 6.05. The van der Waals surface area contributed by atoms with Gasteiger partial charge in [0.15, 0.2) is 0 Å². The predicted molar refractivity (Wildman–Crippen MR) is 72.3 cm³/mol. The van der Waals surface area contributed by atoms with Gasteiger partial charge in [-0.3, -0.25) is 9.78 Å². The Kier molecular flexibility index (Phi) is 3.89. The van der Waals surface area contributed by atoms with Crippen LogP contribution < -0.4 is 11.1 Å². The molecule has 0 fully saturated rings. The maximum atomic E-state index is 12.1. The van der Waals surface area contributed by atoms with Crippen LogP contribution in [0.15, 0.2) is 36.5 Å². The number of carbonyl (C=O) groups excluding carboxylic acids is 1. The maximum absolute atomic E-state index is 12.1. The number of para-hydroxylation sites is 1. The highest BCUT2D eigenvalue weighted by Crippen LogP contribution is 2.15. The summed E-state index contributed by atoms with van der Waals surface area (Å²) in [5.74, 6) is 0.177. The molecule has 3 N–H and O–H groups in total. The number of rotatable bonds is 4. The van der Waals surface area contributed by atoms with Crippen LogP contribution in [0.4, 0.5) is 0 Å². The zero-order chi connectivity index (χ0) is 13.0. The summed E-state index contributed by atoms with van der Waals surface area (Å²) in [7, 11) is 0. The van der Waals surface area contributed by atoms with Crippen LogP contribution in [0.1, 0.15) is 17.3 Å². The number of nitrogens with one attached hydrogen (secondary N) is 1. The molecule has 0 aliphatic rings. The number of pyridine rings is 1. The van der Waals surface area contributed by atoms with Crippen molar-refractivity contribution in [2.75, 3.05) is 13.1 Å². The maximum Gasteiger partial charge on any atom is 0.253 e. The van der Waals surface area contributed by atoms with Gasteiger partial charge in [0.25, 0.3) is 5.91 Å². The number of carbonyl (C=O) groups is 1. The van der Waals surface area contributed by atoms with Gasteiger partial charge < -0.3 is 11.1 Å². The molecule has 0 saturated carbocycles. The lowest BCUT2D eigenvalue weighted by atomic mass is 10.1. The molecule has 18 heavy (non-hydrogen) atoms. The summed E-state index contributed by atoms with van der Waals surface area (Å²) in [4.78, 5) is 16.4. The Morgan fingerprint density at radius 1 is 1.39 bits per heavy atom. The fraction of sp³-hybridized carbons (Fsp3) is 0.286. The van der Waals surface area contributed by atoms with Crippen molar-refractivity contribution >= 4 is 16.8 Å². The van der Waals surface area contributed by atoms with Crippen molar-refractivity contribution in [3.8, 4) is 0 Å². The largest absolute Gasteiger partial charge is 0.352 e. The van der Waals surface area contributed by atoms with E-state index in [1.54, 1.807) is 12.3 Å². The number of hydrogen-bond acceptors (Lipinski definition) is 3. The first-order valence-corrected chi connectivity index (χ1v) is 6.04. The van der Waals surface area contributed by atoms with Crippen LogP contribution in [0.2, 0.25) is 0 Å². The van der Waals surface area contributed by atoms with Crippen LogP contribution in [0, 0.1) is 5.92 Å². The molecule has 94 valence electrons. The van der Waals surface area contributed by atoms with Gasteiger partial charge in [-0.15, -0.1) is 0 Å². The number of fused-ring (bicyclic) bond motifs is 1. The summed E-state index contributed by atoms with van der Waals surface area (Å²) in [5.41, 5.74) is 6.87. The number of hydrogen-bond donors (Lipinski definition) is 2. The normalized spacial score (nSPS) is 12.3. The minimum atomic E-state index is -0.0976. The SMILES string of the molecule is CC(CN)CNC(=O)c1cccc2cccnc12. The summed E-state index contributed by atoms with van der Waals surface area (Å²) < 4.78 is 0. The Bertz CT molecular complexity index is 548. The molecule has 2 rings (SSSR count). The molecule has 0 saturated heterocycles. The molecular formula is C14H17N3O. The molecule has 1 aromatic heterocycles. The van der Waals surface area contributed by atoms with Gasteiger partial charge in [0.2, 0.25) is 0 Å². The molecule has 0 spiro atoms. The quantitative estimate of drug-likeness (QED) is 0.856. The lowest BCUT2D eigenvalue weighted by Gasteiger charge is -2.11. The first kappa shape index (κ1) is 12.5. The smallest absolute Gasteiger partial charge is 0.253 e. The third-order valence-electron chi connectivity index (χ3n) is 2.89. The van der Waals surface area contributed by atoms with E-state index in [0.29, 0.717) is 18.7 Å². The summed E-state index contributed by atoms with van der Waals surface area (Å²) in [6, 6.07) is 9.41. The molecule has 1 amide bonds. The second-order valence-electron chi connectivity index (χ2n) is 4.43. The molecule has 0 bridgehead atoms. The average molecular weight is 243 g/mol. The van der Waals surface area contributed by atoms with E-state index >= 15 is 0 Å². The second kappa shape index (κ2) is 5.60. The van der Waals surface area contributed by atoms with E-state index in [1.807, 2.05) is 31.2 Å². The minimum absolute atomic E-state index is 0.0976. The second-order valence-corrected chi connectivity index (χ2v) is 4.43. The summed E-state index contributed by atoms with van der Waals surface area (Å²) in [5, 5.41) is 3.85. The third kappa shape index (κ3) is 2.65. The van der Waals surface area contributed by atoms with Crippen LogP contribution >= 0.6 is 0 Å². The molecule has 0 aliphatic carbocycles. The van der Waals surface area contributed by atoms with Gasteiger partial charge in [-0.1, -0.05) is 25.1 Å². The summed E-state index contributed by atoms with van der Waals surface area (Å²) >= 11 is 0. The van der Waals surface area contributed by atoms with Gasteiger partial charge >= 0.3 is 0 Å². The number of amides is 1. The van der Waals surface area contributed by atoms with Crippen molar-refractivity contribution in [1.82, 2.24) is 10.3 Å². The van der Waals surface area contributed by atoms with Gasteiger partial charge in [0.1, 0.15) is 0 Å². The monoisotopic (exact) mass is 243 g/mol. The summed E-state index contributed by atoms with van der Waals surface area (Å²) in [6.07, 6.45) is 1.70. The van der Waals surface area contributed by atoms with Gasteiger partial charge in [-0.05, 0) is 24.6 Å². The Morgan fingerprint density at radius 3 is 2.94 bits per heavy atom. The van der Waals surface area contributed by atoms with E-state index in [4.69, 9.17) is 5.73 Å². The van der Waals surface area contributed by atoms with Crippen molar-refractivity contribution < 1.29 is 4.79 Å². The predicted octanol–water partition coefficient (Wildman–Crippen LogP) is 1.56. The molecule has 1 heterocycles. The highest BCUT2D eigenvalue weighted by Gasteiger charge is 2.11. The lowest BCUT2D eigenvalue weighted by Crippen LogP contribution is -2.31. The molecule has 4 nitrogen and oxygen atoms in total. The van der Waals surface area contributed by atoms with Crippen LogP contribution in [0.5, 0.6) is 0 Å². The van der Waals surface area contributed by atoms with Crippen molar-refractivity contribution in [3.05, 3.63) is 42.1 Å². The van der Waals surface area contributed by atoms with E-state index in [1.165, 1.54) is 0 Å². The average Bonchev–Trinajstić information content (AvgIpc) is 2.43. The number of aromatic nitrogens is 1. The van der Waals surface area contributed by atoms with E-state index in [2.05, 4.69) is 10.3 Å². The van der Waals surface area contributed by atoms with Gasteiger partial charge in [0, 0.05) is 18.1 Å². The van der Waals surface area contributed by atoms with Gasteiger partial charge in [0.05, 0.1) is 11.1 Å². The first-order valence-electron chi connectivity index (χ1n) is 6.04.